The van der Waals surface area contributed by atoms with Crippen LogP contribution in [0.1, 0.15) is 44.9 Å². The Morgan fingerprint density at radius 1 is 0.333 bits per heavy atom. The minimum Gasteiger partial charge on any atom is -0.344 e. The number of hydrogen-bond donors (Lipinski definition) is 2. The van der Waals surface area contributed by atoms with Gasteiger partial charge in [0.15, 0.2) is 0 Å². The molecule has 1 aliphatic carbocycles. The van der Waals surface area contributed by atoms with Gasteiger partial charge in [-0.3, -0.25) is 0 Å². The van der Waals surface area contributed by atoms with Gasteiger partial charge >= 0.3 is 0 Å². The van der Waals surface area contributed by atoms with E-state index in [1.807, 2.05) is 0 Å². The summed E-state index contributed by atoms with van der Waals surface area (Å²) in [7, 11) is 0. The molecule has 1 rings (SSSR count). The molecule has 2 nitrogen and oxygen atoms in total. The van der Waals surface area contributed by atoms with Crippen LogP contribution in [0.4, 0.5) is 0 Å². The summed E-state index contributed by atoms with van der Waals surface area (Å²) in [4.78, 5) is 0. The van der Waals surface area contributed by atoms with Crippen molar-refractivity contribution in [2.24, 2.45) is 0 Å². The molecule has 0 amide bonds. The smallest absolute Gasteiger partial charge is 0.0533 e. The monoisotopic (exact) mass is 132 g/mol. The summed E-state index contributed by atoms with van der Waals surface area (Å²) in [6.45, 7) is 0. The average molecular weight is 132 g/mol. The van der Waals surface area contributed by atoms with Crippen LogP contribution in [0.5, 0.6) is 0 Å². The Labute approximate surface area is 58.2 Å². The van der Waals surface area contributed by atoms with E-state index in [1.165, 1.54) is 44.9 Å². The summed E-state index contributed by atoms with van der Waals surface area (Å²) >= 11 is 0. The molecule has 0 heterocycles. The first-order chi connectivity index (χ1) is 3.50. The highest BCUT2D eigenvalue weighted by Gasteiger charge is 1.95. The topological polar surface area (TPSA) is 70.0 Å². The second-order valence-electron chi connectivity index (χ2n) is 2.47. The van der Waals surface area contributed by atoms with Crippen LogP contribution in [0, 0.1) is 0 Å². The van der Waals surface area contributed by atoms with Crippen LogP contribution in [0.3, 0.4) is 0 Å². The van der Waals surface area contributed by atoms with Gasteiger partial charge in [0.25, 0.3) is 0 Å². The molecule has 0 aromatic rings. The van der Waals surface area contributed by atoms with E-state index in [-0.39, 0.29) is 12.3 Å². The van der Waals surface area contributed by atoms with Gasteiger partial charge in [-0.25, -0.2) is 0 Å². The van der Waals surface area contributed by atoms with Crippen molar-refractivity contribution in [3.05, 3.63) is 0 Å². The van der Waals surface area contributed by atoms with Gasteiger partial charge < -0.3 is 12.3 Å². The molecule has 9 heavy (non-hydrogen) atoms. The van der Waals surface area contributed by atoms with Crippen LogP contribution in [-0.2, 0) is 0 Å². The van der Waals surface area contributed by atoms with Crippen LogP contribution in [0.2, 0.25) is 0 Å². The van der Waals surface area contributed by atoms with Crippen molar-refractivity contribution >= 4 is 0 Å². The fourth-order valence-corrected chi connectivity index (χ4v) is 1.24. The molecule has 0 radical (unpaired) electrons. The third kappa shape index (κ3) is 5.80. The highest BCUT2D eigenvalue weighted by Crippen LogP contribution is 2.15. The maximum absolute atomic E-state index is 1.50. The molecule has 6 N–H and O–H groups in total. The van der Waals surface area contributed by atoms with E-state index in [0.717, 1.165) is 0 Å². The normalized spacial score (nSPS) is 18.7. The highest BCUT2D eigenvalue weighted by molar-refractivity contribution is 4.51. The number of rotatable bonds is 0. The summed E-state index contributed by atoms with van der Waals surface area (Å²) in [6, 6.07) is 0. The van der Waals surface area contributed by atoms with Gasteiger partial charge in [0.05, 0.1) is 0 Å². The maximum Gasteiger partial charge on any atom is -0.0533 e. The van der Waals surface area contributed by atoms with Crippen molar-refractivity contribution in [3.8, 4) is 0 Å². The largest absolute Gasteiger partial charge is 0.344 e. The van der Waals surface area contributed by atoms with Gasteiger partial charge in [0.2, 0.25) is 0 Å². The molecule has 1 fully saturated rings. The van der Waals surface area contributed by atoms with E-state index in [1.54, 1.807) is 0 Å². The summed E-state index contributed by atoms with van der Waals surface area (Å²) in [5.41, 5.74) is 0. The fraction of sp³-hybridized carbons (Fsp3) is 1.00. The summed E-state index contributed by atoms with van der Waals surface area (Å²) in [6.07, 6.45) is 10.5. The third-order valence-corrected chi connectivity index (χ3v) is 1.75. The Bertz CT molecular complexity index is 26.5. The van der Waals surface area contributed by atoms with E-state index in [9.17, 15) is 0 Å². The lowest BCUT2D eigenvalue weighted by atomic mass is 10.2. The summed E-state index contributed by atoms with van der Waals surface area (Å²) in [5.74, 6) is 0. The lowest BCUT2D eigenvalue weighted by molar-refractivity contribution is 0.702. The molecule has 58 valence electrons. The Morgan fingerprint density at radius 2 is 0.444 bits per heavy atom. The Balaban J connectivity index is 0. The summed E-state index contributed by atoms with van der Waals surface area (Å²) in [5, 5.41) is 0. The van der Waals surface area contributed by atoms with Crippen LogP contribution in [0.15, 0.2) is 0 Å². The third-order valence-electron chi connectivity index (χ3n) is 1.75. The lowest BCUT2D eigenvalue weighted by Crippen LogP contribution is -1.66. The SMILES string of the molecule is C1CCCCCC1.N.N. The Morgan fingerprint density at radius 3 is 0.556 bits per heavy atom. The molecule has 0 atom stereocenters. The standard InChI is InChI=1S/C7H14.2H3N/c1-2-4-6-7-5-3-1;;/h1-7H2;2*1H3. The Kier molecular flexibility index (Phi) is 10.3. The minimum atomic E-state index is 0. The minimum absolute atomic E-state index is 0. The predicted molar refractivity (Wildman–Crippen MR) is 42.4 cm³/mol. The maximum atomic E-state index is 1.50. The highest BCUT2D eigenvalue weighted by atomic mass is 14.0. The molecule has 0 aromatic heterocycles. The van der Waals surface area contributed by atoms with Crippen LogP contribution >= 0.6 is 0 Å². The second-order valence-corrected chi connectivity index (χ2v) is 2.47. The first-order valence-corrected chi connectivity index (χ1v) is 3.50. The van der Waals surface area contributed by atoms with Gasteiger partial charge in [-0.2, -0.15) is 0 Å². The van der Waals surface area contributed by atoms with Gasteiger partial charge in [-0.1, -0.05) is 44.9 Å². The van der Waals surface area contributed by atoms with Crippen molar-refractivity contribution in [2.45, 2.75) is 44.9 Å². The second kappa shape index (κ2) is 7.92. The van der Waals surface area contributed by atoms with Crippen molar-refractivity contribution < 1.29 is 0 Å². The van der Waals surface area contributed by atoms with Crippen LogP contribution in [-0.4, -0.2) is 0 Å². The van der Waals surface area contributed by atoms with E-state index >= 15 is 0 Å². The van der Waals surface area contributed by atoms with Gasteiger partial charge in [0.1, 0.15) is 0 Å². The quantitative estimate of drug-likeness (QED) is 0.497. The van der Waals surface area contributed by atoms with E-state index < -0.39 is 0 Å². The van der Waals surface area contributed by atoms with Gasteiger partial charge in [-0.05, 0) is 0 Å². The van der Waals surface area contributed by atoms with Crippen molar-refractivity contribution in [2.75, 3.05) is 0 Å². The van der Waals surface area contributed by atoms with Gasteiger partial charge in [-0.15, -0.1) is 0 Å². The first-order valence-electron chi connectivity index (χ1n) is 3.50. The molecule has 0 saturated heterocycles. The fourth-order valence-electron chi connectivity index (χ4n) is 1.24. The average Bonchev–Trinajstić information content (AvgIpc) is 1.90. The molecule has 0 spiro atoms. The molecular formula is C7H20N2. The molecule has 0 aromatic carbocycles. The zero-order valence-electron chi connectivity index (χ0n) is 6.36. The zero-order valence-corrected chi connectivity index (χ0v) is 6.36. The zero-order chi connectivity index (χ0) is 4.95. The molecule has 0 unspecified atom stereocenters. The predicted octanol–water partition coefficient (Wildman–Crippen LogP) is 3.05. The van der Waals surface area contributed by atoms with Gasteiger partial charge in [0, 0.05) is 0 Å². The van der Waals surface area contributed by atoms with Crippen LogP contribution < -0.4 is 12.3 Å². The molecule has 0 bridgehead atoms. The molecule has 1 saturated carbocycles. The van der Waals surface area contributed by atoms with Crippen molar-refractivity contribution in [3.63, 3.8) is 0 Å². The van der Waals surface area contributed by atoms with Crippen molar-refractivity contribution in [1.29, 1.82) is 0 Å². The van der Waals surface area contributed by atoms with E-state index in [2.05, 4.69) is 0 Å². The molecular weight excluding hydrogens is 112 g/mol. The van der Waals surface area contributed by atoms with Crippen molar-refractivity contribution in [1.82, 2.24) is 12.3 Å². The number of hydrogen-bond acceptors (Lipinski definition) is 2. The summed E-state index contributed by atoms with van der Waals surface area (Å²) < 4.78 is 0. The lowest BCUT2D eigenvalue weighted by Gasteiger charge is -1.85. The molecule has 1 aliphatic rings. The first kappa shape index (κ1) is 11.7. The Hall–Kier alpha value is -0.0800. The van der Waals surface area contributed by atoms with E-state index in [0.29, 0.717) is 0 Å². The van der Waals surface area contributed by atoms with E-state index in [4.69, 9.17) is 0 Å². The molecule has 0 aliphatic heterocycles. The molecule has 2 heteroatoms. The van der Waals surface area contributed by atoms with Crippen LogP contribution in [0.25, 0.3) is 0 Å².